The van der Waals surface area contributed by atoms with E-state index >= 15 is 0 Å². The van der Waals surface area contributed by atoms with Crippen LogP contribution in [0.4, 0.5) is 0 Å². The van der Waals surface area contributed by atoms with Gasteiger partial charge in [0.25, 0.3) is 0 Å². The molecule has 0 saturated carbocycles. The fraction of sp³-hybridized carbons (Fsp3) is 0.667. The molecule has 0 aromatic carbocycles. The molecule has 8 heavy (non-hydrogen) atoms. The molecule has 1 aliphatic rings. The van der Waals surface area contributed by atoms with Gasteiger partial charge < -0.3 is 4.74 Å². The van der Waals surface area contributed by atoms with Crippen LogP contribution >= 0.6 is 11.8 Å². The Kier molecular flexibility index (Phi) is 2.27. The Morgan fingerprint density at radius 2 is 2.62 bits per heavy atom. The summed E-state index contributed by atoms with van der Waals surface area (Å²) >= 11 is 1.68. The summed E-state index contributed by atoms with van der Waals surface area (Å²) in [6.07, 6.45) is 6.56. The number of thioether (sulfide) groups is 1. The van der Waals surface area contributed by atoms with Crippen molar-refractivity contribution < 1.29 is 4.74 Å². The van der Waals surface area contributed by atoms with Crippen molar-refractivity contribution in [1.82, 2.24) is 0 Å². The zero-order chi connectivity index (χ0) is 5.82. The largest absolute Gasteiger partial charge is 0.488 e. The van der Waals surface area contributed by atoms with Gasteiger partial charge in [-0.2, -0.15) is 0 Å². The van der Waals surface area contributed by atoms with Crippen LogP contribution in [-0.2, 0) is 4.74 Å². The molecule has 0 N–H and O–H groups in total. The normalized spacial score (nSPS) is 19.4. The monoisotopic (exact) mass is 130 g/mol. The van der Waals surface area contributed by atoms with Crippen LogP contribution in [-0.4, -0.2) is 12.9 Å². The van der Waals surface area contributed by atoms with Gasteiger partial charge in [0.05, 0.1) is 6.61 Å². The lowest BCUT2D eigenvalue weighted by molar-refractivity contribution is 0.220. The Morgan fingerprint density at radius 3 is 3.00 bits per heavy atom. The van der Waals surface area contributed by atoms with Crippen LogP contribution in [0.25, 0.3) is 0 Å². The SMILES string of the molecule is CSC1=CCCCO1. The fourth-order valence-electron chi connectivity index (χ4n) is 0.677. The predicted molar refractivity (Wildman–Crippen MR) is 36.8 cm³/mol. The van der Waals surface area contributed by atoms with Crippen LogP contribution in [0.1, 0.15) is 12.8 Å². The van der Waals surface area contributed by atoms with E-state index in [4.69, 9.17) is 4.74 Å². The summed E-state index contributed by atoms with van der Waals surface area (Å²) in [5, 5.41) is 1.09. The number of rotatable bonds is 1. The Morgan fingerprint density at radius 1 is 1.75 bits per heavy atom. The molecule has 46 valence electrons. The minimum absolute atomic E-state index is 0.909. The highest BCUT2D eigenvalue weighted by Crippen LogP contribution is 2.18. The first-order chi connectivity index (χ1) is 3.93. The molecule has 1 rings (SSSR count). The van der Waals surface area contributed by atoms with E-state index < -0.39 is 0 Å². The van der Waals surface area contributed by atoms with E-state index in [0.29, 0.717) is 0 Å². The summed E-state index contributed by atoms with van der Waals surface area (Å²) < 4.78 is 5.25. The van der Waals surface area contributed by atoms with Crippen molar-refractivity contribution in [1.29, 1.82) is 0 Å². The molecule has 0 aromatic rings. The second kappa shape index (κ2) is 3.02. The molecule has 1 aliphatic heterocycles. The first kappa shape index (κ1) is 6.02. The third-order valence-corrected chi connectivity index (χ3v) is 1.79. The Bertz CT molecular complexity index is 98.7. The van der Waals surface area contributed by atoms with Crippen LogP contribution in [0.2, 0.25) is 0 Å². The van der Waals surface area contributed by atoms with Gasteiger partial charge in [-0.15, -0.1) is 0 Å². The Labute approximate surface area is 54.1 Å². The third-order valence-electron chi connectivity index (χ3n) is 1.10. The van der Waals surface area contributed by atoms with Crippen LogP contribution in [0.3, 0.4) is 0 Å². The van der Waals surface area contributed by atoms with E-state index in [1.807, 2.05) is 6.26 Å². The van der Waals surface area contributed by atoms with Crippen molar-refractivity contribution in [3.05, 3.63) is 11.2 Å². The van der Waals surface area contributed by atoms with Crippen molar-refractivity contribution in [2.24, 2.45) is 0 Å². The molecule has 0 aliphatic carbocycles. The molecule has 0 unspecified atom stereocenters. The molecule has 1 heterocycles. The fourth-order valence-corrected chi connectivity index (χ4v) is 1.16. The van der Waals surface area contributed by atoms with Gasteiger partial charge in [0, 0.05) is 0 Å². The molecule has 0 amide bonds. The first-order valence-electron chi connectivity index (χ1n) is 2.80. The number of hydrogen-bond acceptors (Lipinski definition) is 2. The van der Waals surface area contributed by atoms with Gasteiger partial charge in [0.1, 0.15) is 5.09 Å². The van der Waals surface area contributed by atoms with Crippen molar-refractivity contribution in [3.8, 4) is 0 Å². The molecule has 0 bridgehead atoms. The minimum Gasteiger partial charge on any atom is -0.488 e. The molecule has 0 radical (unpaired) electrons. The second-order valence-electron chi connectivity index (χ2n) is 1.72. The zero-order valence-electron chi connectivity index (χ0n) is 5.02. The van der Waals surface area contributed by atoms with Gasteiger partial charge in [0.2, 0.25) is 0 Å². The Hall–Kier alpha value is -0.110. The summed E-state index contributed by atoms with van der Waals surface area (Å²) in [6, 6.07) is 0. The quantitative estimate of drug-likeness (QED) is 0.537. The minimum atomic E-state index is 0.909. The molecular weight excluding hydrogens is 120 g/mol. The second-order valence-corrected chi connectivity index (χ2v) is 2.53. The van der Waals surface area contributed by atoms with E-state index in [-0.39, 0.29) is 0 Å². The summed E-state index contributed by atoms with van der Waals surface area (Å²) in [5.41, 5.74) is 0. The summed E-state index contributed by atoms with van der Waals surface area (Å²) in [6.45, 7) is 0.909. The Balaban J connectivity index is 2.37. The summed E-state index contributed by atoms with van der Waals surface area (Å²) in [7, 11) is 0. The molecule has 1 nitrogen and oxygen atoms in total. The van der Waals surface area contributed by atoms with Gasteiger partial charge >= 0.3 is 0 Å². The smallest absolute Gasteiger partial charge is 0.148 e. The van der Waals surface area contributed by atoms with Crippen LogP contribution in [0.5, 0.6) is 0 Å². The van der Waals surface area contributed by atoms with Gasteiger partial charge in [0.15, 0.2) is 0 Å². The van der Waals surface area contributed by atoms with Gasteiger partial charge in [-0.25, -0.2) is 0 Å². The predicted octanol–water partition coefficient (Wildman–Crippen LogP) is 2.00. The highest BCUT2D eigenvalue weighted by atomic mass is 32.2. The molecule has 0 atom stereocenters. The zero-order valence-corrected chi connectivity index (χ0v) is 5.83. The van der Waals surface area contributed by atoms with Crippen molar-refractivity contribution in [2.75, 3.05) is 12.9 Å². The van der Waals surface area contributed by atoms with E-state index in [9.17, 15) is 0 Å². The van der Waals surface area contributed by atoms with E-state index in [1.54, 1.807) is 11.8 Å². The van der Waals surface area contributed by atoms with E-state index in [2.05, 4.69) is 6.08 Å². The standard InChI is InChI=1S/C6H10OS/c1-8-6-4-2-3-5-7-6/h4H,2-3,5H2,1H3. The maximum Gasteiger partial charge on any atom is 0.148 e. The maximum absolute atomic E-state index is 5.25. The van der Waals surface area contributed by atoms with Gasteiger partial charge in [-0.05, 0) is 25.2 Å². The highest BCUT2D eigenvalue weighted by molar-refractivity contribution is 8.02. The van der Waals surface area contributed by atoms with Crippen LogP contribution in [0.15, 0.2) is 11.2 Å². The molecule has 0 aromatic heterocycles. The lowest BCUT2D eigenvalue weighted by Gasteiger charge is -2.11. The number of ether oxygens (including phenoxy) is 1. The average Bonchev–Trinajstić information content (AvgIpc) is 1.90. The topological polar surface area (TPSA) is 9.23 Å². The summed E-state index contributed by atoms with van der Waals surface area (Å²) in [4.78, 5) is 0. The number of hydrogen-bond donors (Lipinski definition) is 0. The third kappa shape index (κ3) is 1.44. The van der Waals surface area contributed by atoms with Crippen molar-refractivity contribution >= 4 is 11.8 Å². The van der Waals surface area contributed by atoms with Crippen LogP contribution in [0, 0.1) is 0 Å². The number of allylic oxidation sites excluding steroid dienone is 1. The molecule has 0 saturated heterocycles. The molecule has 0 fully saturated rings. The highest BCUT2D eigenvalue weighted by Gasteiger charge is 1.99. The maximum atomic E-state index is 5.25. The summed E-state index contributed by atoms with van der Waals surface area (Å²) in [5.74, 6) is 0. The van der Waals surface area contributed by atoms with Gasteiger partial charge in [-0.3, -0.25) is 0 Å². The average molecular weight is 130 g/mol. The molecule has 2 heteroatoms. The molecular formula is C6H10OS. The van der Waals surface area contributed by atoms with E-state index in [0.717, 1.165) is 11.7 Å². The lowest BCUT2D eigenvalue weighted by atomic mass is 10.3. The van der Waals surface area contributed by atoms with Crippen molar-refractivity contribution in [3.63, 3.8) is 0 Å². The van der Waals surface area contributed by atoms with Gasteiger partial charge in [-0.1, -0.05) is 11.8 Å². The van der Waals surface area contributed by atoms with E-state index in [1.165, 1.54) is 12.8 Å². The lowest BCUT2D eigenvalue weighted by Crippen LogP contribution is -1.96. The van der Waals surface area contributed by atoms with Crippen LogP contribution < -0.4 is 0 Å². The first-order valence-corrected chi connectivity index (χ1v) is 4.03. The van der Waals surface area contributed by atoms with Crippen molar-refractivity contribution in [2.45, 2.75) is 12.8 Å². The molecule has 0 spiro atoms.